The van der Waals surface area contributed by atoms with Crippen molar-refractivity contribution in [2.24, 2.45) is 0 Å². The summed E-state index contributed by atoms with van der Waals surface area (Å²) in [6, 6.07) is 61.2. The van der Waals surface area contributed by atoms with E-state index in [2.05, 4.69) is 179 Å². The Bertz CT molecular complexity index is 3090. The SMILES string of the molecule is c1ccc(-c2ccc(-n3c4ccccc4c4ccc5c6ccccc6n(-c6cccc7c6oc6cc8ccccc8cc67)c5c43)cc2)cc1. The predicted molar refractivity (Wildman–Crippen MR) is 205 cm³/mol. The number of furan rings is 1. The summed E-state index contributed by atoms with van der Waals surface area (Å²) in [6.45, 7) is 0. The molecule has 0 aliphatic heterocycles. The summed E-state index contributed by atoms with van der Waals surface area (Å²) >= 11 is 0. The van der Waals surface area contributed by atoms with E-state index in [1.807, 2.05) is 0 Å². The van der Waals surface area contributed by atoms with Gasteiger partial charge in [0.05, 0.1) is 27.8 Å². The molecular weight excluding hydrogens is 597 g/mol. The fourth-order valence-electron chi connectivity index (χ4n) is 8.10. The third-order valence-corrected chi connectivity index (χ3v) is 10.3. The third-order valence-electron chi connectivity index (χ3n) is 10.3. The summed E-state index contributed by atoms with van der Waals surface area (Å²) < 4.78 is 11.7. The number of hydrogen-bond donors (Lipinski definition) is 0. The molecule has 3 heterocycles. The van der Waals surface area contributed by atoms with Gasteiger partial charge in [0.2, 0.25) is 0 Å². The van der Waals surface area contributed by atoms with Crippen LogP contribution in [-0.4, -0.2) is 9.13 Å². The first-order valence-electron chi connectivity index (χ1n) is 16.8. The van der Waals surface area contributed by atoms with Gasteiger partial charge in [0.1, 0.15) is 5.58 Å². The van der Waals surface area contributed by atoms with Gasteiger partial charge in [-0.05, 0) is 64.4 Å². The molecule has 0 radical (unpaired) electrons. The van der Waals surface area contributed by atoms with Gasteiger partial charge in [-0.2, -0.15) is 0 Å². The molecule has 11 rings (SSSR count). The largest absolute Gasteiger partial charge is 0.454 e. The normalized spacial score (nSPS) is 12.1. The van der Waals surface area contributed by atoms with Crippen LogP contribution in [0.15, 0.2) is 174 Å². The van der Waals surface area contributed by atoms with Crippen molar-refractivity contribution in [1.82, 2.24) is 9.13 Å². The van der Waals surface area contributed by atoms with Crippen LogP contribution in [0.5, 0.6) is 0 Å². The maximum atomic E-state index is 6.83. The molecule has 3 nitrogen and oxygen atoms in total. The molecule has 8 aromatic carbocycles. The first kappa shape index (κ1) is 26.5. The van der Waals surface area contributed by atoms with Gasteiger partial charge in [-0.1, -0.05) is 127 Å². The van der Waals surface area contributed by atoms with Crippen LogP contribution in [0.25, 0.3) is 98.8 Å². The van der Waals surface area contributed by atoms with E-state index in [0.29, 0.717) is 0 Å². The highest BCUT2D eigenvalue weighted by Crippen LogP contribution is 2.44. The number of benzene rings is 8. The van der Waals surface area contributed by atoms with Crippen LogP contribution in [0.3, 0.4) is 0 Å². The Balaban J connectivity index is 1.28. The van der Waals surface area contributed by atoms with Gasteiger partial charge < -0.3 is 13.6 Å². The van der Waals surface area contributed by atoms with Crippen LogP contribution in [-0.2, 0) is 0 Å². The molecule has 0 saturated carbocycles. The quantitative estimate of drug-likeness (QED) is 0.192. The van der Waals surface area contributed by atoms with Crippen molar-refractivity contribution in [3.8, 4) is 22.5 Å². The van der Waals surface area contributed by atoms with E-state index in [0.717, 1.165) is 38.8 Å². The number of fused-ring (bicyclic) bond motifs is 11. The summed E-state index contributed by atoms with van der Waals surface area (Å²) in [5.41, 5.74) is 11.1. The van der Waals surface area contributed by atoms with Crippen molar-refractivity contribution in [2.45, 2.75) is 0 Å². The number of aromatic nitrogens is 2. The molecule has 0 fully saturated rings. The average Bonchev–Trinajstić information content (AvgIpc) is 3.82. The Labute approximate surface area is 281 Å². The molecule has 3 heteroatoms. The molecule has 0 saturated heterocycles. The molecule has 0 bridgehead atoms. The van der Waals surface area contributed by atoms with Crippen molar-refractivity contribution in [1.29, 1.82) is 0 Å². The first-order chi connectivity index (χ1) is 24.3. The van der Waals surface area contributed by atoms with Crippen LogP contribution in [0.1, 0.15) is 0 Å². The molecule has 228 valence electrons. The van der Waals surface area contributed by atoms with Gasteiger partial charge in [0.15, 0.2) is 5.58 Å². The Morgan fingerprint density at radius 1 is 0.367 bits per heavy atom. The number of nitrogens with zero attached hydrogens (tertiary/aromatic N) is 2. The molecule has 0 atom stereocenters. The summed E-state index contributed by atoms with van der Waals surface area (Å²) in [7, 11) is 0. The van der Waals surface area contributed by atoms with Crippen LogP contribution in [0.2, 0.25) is 0 Å². The minimum atomic E-state index is 0.891. The van der Waals surface area contributed by atoms with Gasteiger partial charge in [-0.3, -0.25) is 0 Å². The summed E-state index contributed by atoms with van der Waals surface area (Å²) in [6.07, 6.45) is 0. The topological polar surface area (TPSA) is 23.0 Å². The van der Waals surface area contributed by atoms with Crippen LogP contribution >= 0.6 is 0 Å². The van der Waals surface area contributed by atoms with E-state index in [1.165, 1.54) is 60.0 Å². The van der Waals surface area contributed by atoms with E-state index in [9.17, 15) is 0 Å². The Morgan fingerprint density at radius 3 is 1.67 bits per heavy atom. The smallest absolute Gasteiger partial charge is 0.159 e. The Kier molecular flexibility index (Phi) is 5.38. The molecule has 0 aliphatic rings. The summed E-state index contributed by atoms with van der Waals surface area (Å²) in [5.74, 6) is 0. The van der Waals surface area contributed by atoms with Crippen molar-refractivity contribution in [3.05, 3.63) is 170 Å². The highest BCUT2D eigenvalue weighted by Gasteiger charge is 2.23. The van der Waals surface area contributed by atoms with E-state index in [4.69, 9.17) is 4.42 Å². The second kappa shape index (κ2) is 9.96. The highest BCUT2D eigenvalue weighted by molar-refractivity contribution is 6.24. The average molecular weight is 625 g/mol. The van der Waals surface area contributed by atoms with Crippen molar-refractivity contribution >= 4 is 76.3 Å². The molecule has 3 aromatic heterocycles. The van der Waals surface area contributed by atoms with Crippen molar-refractivity contribution < 1.29 is 4.42 Å². The van der Waals surface area contributed by atoms with Crippen LogP contribution < -0.4 is 0 Å². The monoisotopic (exact) mass is 624 g/mol. The number of rotatable bonds is 3. The number of hydrogen-bond acceptors (Lipinski definition) is 1. The van der Waals surface area contributed by atoms with Crippen LogP contribution in [0.4, 0.5) is 0 Å². The lowest BCUT2D eigenvalue weighted by atomic mass is 10.1. The molecule has 0 aliphatic carbocycles. The maximum Gasteiger partial charge on any atom is 0.159 e. The van der Waals surface area contributed by atoms with Gasteiger partial charge >= 0.3 is 0 Å². The summed E-state index contributed by atoms with van der Waals surface area (Å²) in [4.78, 5) is 0. The number of para-hydroxylation sites is 3. The minimum absolute atomic E-state index is 0.891. The van der Waals surface area contributed by atoms with Crippen molar-refractivity contribution in [2.75, 3.05) is 0 Å². The maximum absolute atomic E-state index is 6.83. The van der Waals surface area contributed by atoms with Gasteiger partial charge in [0, 0.05) is 38.0 Å². The second-order valence-corrected chi connectivity index (χ2v) is 12.9. The lowest BCUT2D eigenvalue weighted by Crippen LogP contribution is -1.99. The first-order valence-corrected chi connectivity index (χ1v) is 16.8. The zero-order valence-electron chi connectivity index (χ0n) is 26.5. The van der Waals surface area contributed by atoms with E-state index in [-0.39, 0.29) is 0 Å². The standard InChI is InChI=1S/C46H28N2O/c1-2-11-29(12-3-1)30-21-23-33(24-22-30)47-40-18-8-6-15-34(40)36-25-26-37-35-16-7-9-19-41(35)48(45(37)44(36)47)42-20-10-17-38-39-27-31-13-4-5-14-32(31)28-43(39)49-46(38)42/h1-28H. The highest BCUT2D eigenvalue weighted by atomic mass is 16.3. The van der Waals surface area contributed by atoms with Gasteiger partial charge in [0.25, 0.3) is 0 Å². The van der Waals surface area contributed by atoms with Gasteiger partial charge in [-0.25, -0.2) is 0 Å². The van der Waals surface area contributed by atoms with Crippen molar-refractivity contribution in [3.63, 3.8) is 0 Å². The molecular formula is C46H28N2O. The predicted octanol–water partition coefficient (Wildman–Crippen LogP) is 12.6. The molecule has 11 aromatic rings. The summed E-state index contributed by atoms with van der Waals surface area (Å²) in [5, 5.41) is 9.53. The molecule has 49 heavy (non-hydrogen) atoms. The fourth-order valence-corrected chi connectivity index (χ4v) is 8.10. The van der Waals surface area contributed by atoms with E-state index in [1.54, 1.807) is 0 Å². The van der Waals surface area contributed by atoms with Crippen LogP contribution in [0, 0.1) is 0 Å². The lowest BCUT2D eigenvalue weighted by molar-refractivity contribution is 0.667. The molecule has 0 amide bonds. The lowest BCUT2D eigenvalue weighted by Gasteiger charge is -2.13. The molecule has 0 spiro atoms. The van der Waals surface area contributed by atoms with Gasteiger partial charge in [-0.15, -0.1) is 0 Å². The fraction of sp³-hybridized carbons (Fsp3) is 0. The van der Waals surface area contributed by atoms with E-state index >= 15 is 0 Å². The third kappa shape index (κ3) is 3.73. The Hall–Kier alpha value is -6.58. The molecule has 0 N–H and O–H groups in total. The minimum Gasteiger partial charge on any atom is -0.454 e. The molecule has 0 unspecified atom stereocenters. The second-order valence-electron chi connectivity index (χ2n) is 12.9. The Morgan fingerprint density at radius 2 is 0.939 bits per heavy atom. The zero-order chi connectivity index (χ0) is 32.1. The zero-order valence-corrected chi connectivity index (χ0v) is 26.5. The van der Waals surface area contributed by atoms with E-state index < -0.39 is 0 Å².